The zero-order valence-electron chi connectivity index (χ0n) is 15.0. The smallest absolute Gasteiger partial charge is 0.356 e. The largest absolute Gasteiger partial charge is 0.433 e. The monoisotopic (exact) mass is 423 g/mol. The lowest BCUT2D eigenvalue weighted by Gasteiger charge is -2.33. The van der Waals surface area contributed by atoms with Gasteiger partial charge in [-0.1, -0.05) is 11.2 Å². The molecule has 4 heterocycles. The van der Waals surface area contributed by atoms with Crippen LogP contribution in [0.5, 0.6) is 0 Å². The Hall–Kier alpha value is -2.95. The van der Waals surface area contributed by atoms with Crippen molar-refractivity contribution in [2.24, 2.45) is 0 Å². The molecule has 152 valence electrons. The molecule has 0 spiro atoms. The molecule has 1 saturated heterocycles. The summed E-state index contributed by atoms with van der Waals surface area (Å²) in [5, 5.41) is 8.63. The summed E-state index contributed by atoms with van der Waals surface area (Å²) in [4.78, 5) is 22.3. The molecule has 0 unspecified atom stereocenters. The van der Waals surface area contributed by atoms with Gasteiger partial charge >= 0.3 is 6.18 Å². The highest BCUT2D eigenvalue weighted by atomic mass is 32.1. The second-order valence-electron chi connectivity index (χ2n) is 6.55. The Labute approximate surface area is 167 Å². The van der Waals surface area contributed by atoms with Crippen LogP contribution in [0, 0.1) is 0 Å². The predicted octanol–water partition coefficient (Wildman–Crippen LogP) is 3.61. The number of nitrogens with one attached hydrogen (secondary N) is 1. The number of hydrogen-bond donors (Lipinski definition) is 1. The van der Waals surface area contributed by atoms with E-state index in [1.807, 2.05) is 17.5 Å². The van der Waals surface area contributed by atoms with Gasteiger partial charge in [-0.3, -0.25) is 4.79 Å². The average molecular weight is 423 g/mol. The van der Waals surface area contributed by atoms with Crippen LogP contribution in [-0.4, -0.2) is 40.2 Å². The van der Waals surface area contributed by atoms with Gasteiger partial charge in [0, 0.05) is 31.3 Å². The zero-order chi connectivity index (χ0) is 20.4. The Morgan fingerprint density at radius 1 is 1.24 bits per heavy atom. The van der Waals surface area contributed by atoms with Gasteiger partial charge in [0.1, 0.15) is 17.8 Å². The van der Waals surface area contributed by atoms with Gasteiger partial charge in [-0.2, -0.15) is 13.2 Å². The molecule has 29 heavy (non-hydrogen) atoms. The lowest BCUT2D eigenvalue weighted by molar-refractivity contribution is -0.141. The fourth-order valence-electron chi connectivity index (χ4n) is 3.10. The number of anilines is 1. The molecule has 0 aromatic carbocycles. The molecule has 0 saturated carbocycles. The van der Waals surface area contributed by atoms with Crippen molar-refractivity contribution in [1.82, 2.24) is 20.4 Å². The Morgan fingerprint density at radius 3 is 2.72 bits per heavy atom. The van der Waals surface area contributed by atoms with Crippen LogP contribution >= 0.6 is 11.3 Å². The summed E-state index contributed by atoms with van der Waals surface area (Å²) in [7, 11) is 0. The van der Waals surface area contributed by atoms with Crippen LogP contribution in [0.2, 0.25) is 0 Å². The van der Waals surface area contributed by atoms with Crippen molar-refractivity contribution in [1.29, 1.82) is 0 Å². The van der Waals surface area contributed by atoms with Crippen LogP contribution in [0.25, 0.3) is 10.6 Å². The van der Waals surface area contributed by atoms with Crippen LogP contribution in [-0.2, 0) is 6.18 Å². The van der Waals surface area contributed by atoms with E-state index in [9.17, 15) is 18.0 Å². The van der Waals surface area contributed by atoms with Crippen LogP contribution in [0.3, 0.4) is 0 Å². The maximum atomic E-state index is 12.8. The molecule has 1 aliphatic rings. The second kappa shape index (κ2) is 7.82. The molecule has 1 amide bonds. The normalized spacial score (nSPS) is 15.5. The van der Waals surface area contributed by atoms with E-state index >= 15 is 0 Å². The minimum absolute atomic E-state index is 0.107. The van der Waals surface area contributed by atoms with E-state index in [0.717, 1.165) is 17.3 Å². The molecular weight excluding hydrogens is 407 g/mol. The number of carbonyl (C=O) groups is 1. The summed E-state index contributed by atoms with van der Waals surface area (Å²) in [6.45, 7) is 0.942. The highest BCUT2D eigenvalue weighted by Gasteiger charge is 2.33. The predicted molar refractivity (Wildman–Crippen MR) is 99.6 cm³/mol. The van der Waals surface area contributed by atoms with E-state index in [1.165, 1.54) is 11.3 Å². The maximum Gasteiger partial charge on any atom is 0.433 e. The van der Waals surface area contributed by atoms with Crippen LogP contribution in [0.15, 0.2) is 40.5 Å². The van der Waals surface area contributed by atoms with Gasteiger partial charge in [0.05, 0.1) is 4.88 Å². The zero-order valence-corrected chi connectivity index (χ0v) is 15.8. The maximum absolute atomic E-state index is 12.8. The minimum Gasteiger partial charge on any atom is -0.356 e. The van der Waals surface area contributed by atoms with Crippen molar-refractivity contribution in [2.45, 2.75) is 25.1 Å². The number of carbonyl (C=O) groups excluding carboxylic acids is 1. The highest BCUT2D eigenvalue weighted by molar-refractivity contribution is 7.13. The van der Waals surface area contributed by atoms with Crippen molar-refractivity contribution < 1.29 is 22.5 Å². The molecule has 0 radical (unpaired) electrons. The van der Waals surface area contributed by atoms with E-state index in [-0.39, 0.29) is 23.5 Å². The van der Waals surface area contributed by atoms with Gasteiger partial charge in [0.15, 0.2) is 11.5 Å². The Kier molecular flexibility index (Phi) is 5.22. The van der Waals surface area contributed by atoms with Crippen molar-refractivity contribution in [3.05, 3.63) is 47.4 Å². The number of halogens is 3. The third kappa shape index (κ3) is 4.39. The number of aromatic nitrogens is 3. The first kappa shape index (κ1) is 19.4. The van der Waals surface area contributed by atoms with Crippen LogP contribution in [0.1, 0.15) is 29.0 Å². The lowest BCUT2D eigenvalue weighted by Crippen LogP contribution is -2.45. The molecule has 1 fully saturated rings. The third-order valence-electron chi connectivity index (χ3n) is 4.60. The van der Waals surface area contributed by atoms with E-state index < -0.39 is 11.9 Å². The first-order chi connectivity index (χ1) is 13.9. The molecule has 11 heteroatoms. The number of piperidine rings is 1. The average Bonchev–Trinajstić information content (AvgIpc) is 3.40. The lowest BCUT2D eigenvalue weighted by atomic mass is 10.0. The summed E-state index contributed by atoms with van der Waals surface area (Å²) in [5.74, 6) is 0.426. The number of hydrogen-bond acceptors (Lipinski definition) is 7. The van der Waals surface area contributed by atoms with E-state index in [2.05, 4.69) is 20.4 Å². The summed E-state index contributed by atoms with van der Waals surface area (Å²) >= 11 is 1.49. The number of rotatable bonds is 4. The number of amides is 1. The summed E-state index contributed by atoms with van der Waals surface area (Å²) in [6, 6.07) is 6.19. The van der Waals surface area contributed by atoms with E-state index in [0.29, 0.717) is 31.7 Å². The van der Waals surface area contributed by atoms with Gasteiger partial charge in [0.2, 0.25) is 0 Å². The van der Waals surface area contributed by atoms with Crippen molar-refractivity contribution in [3.8, 4) is 10.6 Å². The van der Waals surface area contributed by atoms with Crippen LogP contribution < -0.4 is 10.2 Å². The second-order valence-corrected chi connectivity index (χ2v) is 7.50. The molecule has 7 nitrogen and oxygen atoms in total. The molecule has 0 atom stereocenters. The molecule has 4 rings (SSSR count). The molecular formula is C18H16F3N5O2S. The Bertz CT molecular complexity index is 982. The van der Waals surface area contributed by atoms with Gasteiger partial charge in [-0.15, -0.1) is 11.3 Å². The first-order valence-corrected chi connectivity index (χ1v) is 9.74. The number of nitrogens with zero attached hydrogens (tertiary/aromatic N) is 4. The standard InChI is InChI=1S/C18H16F3N5O2S/c19-18(20,21)15-9-16(23-10-22-15)26-5-3-11(4-6-26)24-17(27)12-8-13(28-25-12)14-2-1-7-29-14/h1-2,7-11H,3-6H2,(H,24,27). The SMILES string of the molecule is O=C(NC1CCN(c2cc(C(F)(F)F)ncn2)CC1)c1cc(-c2cccs2)on1. The molecule has 1 aliphatic heterocycles. The van der Waals surface area contributed by atoms with E-state index in [4.69, 9.17) is 4.52 Å². The van der Waals surface area contributed by atoms with Crippen molar-refractivity contribution in [2.75, 3.05) is 18.0 Å². The third-order valence-corrected chi connectivity index (χ3v) is 5.49. The highest BCUT2D eigenvalue weighted by Crippen LogP contribution is 2.30. The Balaban J connectivity index is 1.34. The van der Waals surface area contributed by atoms with Crippen molar-refractivity contribution in [3.63, 3.8) is 0 Å². The topological polar surface area (TPSA) is 84.2 Å². The summed E-state index contributed by atoms with van der Waals surface area (Å²) < 4.78 is 43.7. The molecule has 1 N–H and O–H groups in total. The Morgan fingerprint density at radius 2 is 2.03 bits per heavy atom. The minimum atomic E-state index is -4.51. The summed E-state index contributed by atoms with van der Waals surface area (Å²) in [5.41, 5.74) is -0.771. The van der Waals surface area contributed by atoms with Crippen LogP contribution in [0.4, 0.5) is 19.0 Å². The first-order valence-electron chi connectivity index (χ1n) is 8.86. The quantitative estimate of drug-likeness (QED) is 0.690. The molecule has 0 bridgehead atoms. The molecule has 3 aromatic rings. The number of thiophene rings is 1. The van der Waals surface area contributed by atoms with Gasteiger partial charge in [0.25, 0.3) is 5.91 Å². The molecule has 0 aliphatic carbocycles. The van der Waals surface area contributed by atoms with E-state index in [1.54, 1.807) is 11.0 Å². The van der Waals surface area contributed by atoms with Crippen molar-refractivity contribution >= 4 is 23.1 Å². The fraction of sp³-hybridized carbons (Fsp3) is 0.333. The van der Waals surface area contributed by atoms with Gasteiger partial charge in [-0.05, 0) is 24.3 Å². The summed E-state index contributed by atoms with van der Waals surface area (Å²) in [6.07, 6.45) is -2.44. The molecule has 3 aromatic heterocycles. The van der Waals surface area contributed by atoms with Gasteiger partial charge in [-0.25, -0.2) is 9.97 Å². The number of alkyl halides is 3. The fourth-order valence-corrected chi connectivity index (χ4v) is 3.78. The van der Waals surface area contributed by atoms with Gasteiger partial charge < -0.3 is 14.7 Å².